The number of amides is 1. The molecule has 8 nitrogen and oxygen atoms in total. The predicted molar refractivity (Wildman–Crippen MR) is 135 cm³/mol. The number of aliphatic hydroxyl groups is 1. The highest BCUT2D eigenvalue weighted by atomic mass is 16.6. The number of aliphatic carboxylic acids is 1. The molecule has 1 amide bonds. The minimum absolute atomic E-state index is 0.0730. The summed E-state index contributed by atoms with van der Waals surface area (Å²) < 4.78 is 0. The molecule has 200 valence electrons. The van der Waals surface area contributed by atoms with E-state index in [2.05, 4.69) is 30.4 Å². The van der Waals surface area contributed by atoms with E-state index < -0.39 is 23.5 Å². The third-order valence-electron chi connectivity index (χ3n) is 10.3. The normalized spacial score (nSPS) is 39.5. The highest BCUT2D eigenvalue weighted by molar-refractivity contribution is 5.96. The number of oxime groups is 1. The Morgan fingerprint density at radius 1 is 1.11 bits per heavy atom. The minimum atomic E-state index is -1.19. The molecule has 3 saturated carbocycles. The van der Waals surface area contributed by atoms with E-state index in [0.717, 1.165) is 50.7 Å². The molecule has 0 unspecified atom stereocenters. The van der Waals surface area contributed by atoms with Crippen LogP contribution in [0.25, 0.3) is 0 Å². The second-order valence-electron chi connectivity index (χ2n) is 12.4. The van der Waals surface area contributed by atoms with Crippen LogP contribution in [0.5, 0.6) is 0 Å². The van der Waals surface area contributed by atoms with Crippen molar-refractivity contribution in [2.45, 2.75) is 97.6 Å². The fraction of sp³-hybridized carbons (Fsp3) is 0.786. The third-order valence-corrected chi connectivity index (χ3v) is 10.3. The second kappa shape index (κ2) is 9.58. The van der Waals surface area contributed by atoms with Gasteiger partial charge in [0.25, 0.3) is 5.91 Å². The topological polar surface area (TPSA) is 125 Å². The highest BCUT2D eigenvalue weighted by Crippen LogP contribution is 2.67. The van der Waals surface area contributed by atoms with Crippen LogP contribution in [0.2, 0.25) is 0 Å². The Hall–Kier alpha value is -2.22. The standard InChI is InChI=1S/C28H42N2O6/c1-16(2)24(25(33)34)29-23(32)15-36-30-19-8-11-26(4)18(14-19)6-7-20-21(26)9-12-27(5)22(20)10-13-28(27,35)17(3)31/h14,16,20-22,24,35H,6-13,15H2,1-5H3,(H,29,32)(H,33,34)/b30-19+/t20-,21+,22+,24+,26+,27+,28+/m1/s1. The number of fused-ring (bicyclic) bond motifs is 5. The van der Waals surface area contributed by atoms with Crippen LogP contribution in [0.1, 0.15) is 86.0 Å². The maximum atomic E-state index is 12.4. The van der Waals surface area contributed by atoms with E-state index in [1.54, 1.807) is 20.8 Å². The molecule has 0 aliphatic heterocycles. The summed E-state index contributed by atoms with van der Waals surface area (Å²) in [7, 11) is 0. The lowest BCUT2D eigenvalue weighted by Gasteiger charge is -2.59. The average molecular weight is 503 g/mol. The van der Waals surface area contributed by atoms with Gasteiger partial charge in [-0.15, -0.1) is 0 Å². The van der Waals surface area contributed by atoms with E-state index >= 15 is 0 Å². The quantitative estimate of drug-likeness (QED) is 0.454. The van der Waals surface area contributed by atoms with Gasteiger partial charge in [0.15, 0.2) is 12.4 Å². The van der Waals surface area contributed by atoms with Crippen molar-refractivity contribution in [3.63, 3.8) is 0 Å². The number of carbonyl (C=O) groups is 3. The van der Waals surface area contributed by atoms with Crippen molar-refractivity contribution < 1.29 is 29.4 Å². The number of rotatable bonds is 7. The predicted octanol–water partition coefficient (Wildman–Crippen LogP) is 3.87. The van der Waals surface area contributed by atoms with Crippen LogP contribution in [0.3, 0.4) is 0 Å². The zero-order valence-corrected chi connectivity index (χ0v) is 22.3. The molecular weight excluding hydrogens is 460 g/mol. The first-order chi connectivity index (χ1) is 16.8. The maximum Gasteiger partial charge on any atom is 0.326 e. The van der Waals surface area contributed by atoms with E-state index in [4.69, 9.17) is 4.84 Å². The lowest BCUT2D eigenvalue weighted by Crippen LogP contribution is -2.57. The maximum absolute atomic E-state index is 12.4. The monoisotopic (exact) mass is 502 g/mol. The minimum Gasteiger partial charge on any atom is -0.480 e. The zero-order valence-electron chi connectivity index (χ0n) is 22.3. The van der Waals surface area contributed by atoms with Crippen LogP contribution in [-0.4, -0.2) is 51.8 Å². The number of Topliss-reactive ketones (excluding diaryl/α,β-unsaturated/α-hetero) is 1. The molecule has 3 fully saturated rings. The van der Waals surface area contributed by atoms with Crippen LogP contribution in [0, 0.1) is 34.5 Å². The number of hydrogen-bond acceptors (Lipinski definition) is 6. The van der Waals surface area contributed by atoms with E-state index in [9.17, 15) is 24.6 Å². The first kappa shape index (κ1) is 26.8. The third kappa shape index (κ3) is 4.29. The molecule has 7 atom stereocenters. The molecule has 36 heavy (non-hydrogen) atoms. The Morgan fingerprint density at radius 2 is 1.81 bits per heavy atom. The number of nitrogens with zero attached hydrogens (tertiary/aromatic N) is 1. The Bertz CT molecular complexity index is 989. The van der Waals surface area contributed by atoms with E-state index in [0.29, 0.717) is 24.2 Å². The molecular formula is C28H42N2O6. The van der Waals surface area contributed by atoms with Gasteiger partial charge in [0.05, 0.1) is 5.71 Å². The van der Waals surface area contributed by atoms with Crippen LogP contribution >= 0.6 is 0 Å². The van der Waals surface area contributed by atoms with Crippen LogP contribution in [-0.2, 0) is 19.2 Å². The molecule has 0 aromatic rings. The molecule has 0 saturated heterocycles. The zero-order chi connectivity index (χ0) is 26.5. The lowest BCUT2D eigenvalue weighted by molar-refractivity contribution is -0.159. The molecule has 4 aliphatic rings. The lowest BCUT2D eigenvalue weighted by atomic mass is 9.46. The van der Waals surface area contributed by atoms with Crippen molar-refractivity contribution in [2.75, 3.05) is 6.61 Å². The molecule has 0 spiro atoms. The Morgan fingerprint density at radius 3 is 2.44 bits per heavy atom. The second-order valence-corrected chi connectivity index (χ2v) is 12.4. The van der Waals surface area contributed by atoms with Crippen molar-refractivity contribution in [1.29, 1.82) is 0 Å². The van der Waals surface area contributed by atoms with Gasteiger partial charge in [-0.3, -0.25) is 9.59 Å². The van der Waals surface area contributed by atoms with Crippen molar-refractivity contribution in [3.05, 3.63) is 11.6 Å². The molecule has 0 radical (unpaired) electrons. The number of carboxylic acids is 1. The van der Waals surface area contributed by atoms with Gasteiger partial charge in [-0.1, -0.05) is 38.4 Å². The molecule has 0 aromatic heterocycles. The molecule has 0 aromatic carbocycles. The molecule has 8 heteroatoms. The number of hydrogen-bond donors (Lipinski definition) is 3. The Labute approximate surface area is 213 Å². The van der Waals surface area contributed by atoms with Crippen LogP contribution in [0.15, 0.2) is 16.8 Å². The van der Waals surface area contributed by atoms with Gasteiger partial charge in [0.1, 0.15) is 11.6 Å². The van der Waals surface area contributed by atoms with Crippen molar-refractivity contribution in [2.24, 2.45) is 39.7 Å². The smallest absolute Gasteiger partial charge is 0.326 e. The van der Waals surface area contributed by atoms with Gasteiger partial charge in [0.2, 0.25) is 0 Å². The Balaban J connectivity index is 1.42. The number of nitrogens with one attached hydrogen (secondary N) is 1. The summed E-state index contributed by atoms with van der Waals surface area (Å²) >= 11 is 0. The fourth-order valence-corrected chi connectivity index (χ4v) is 8.14. The van der Waals surface area contributed by atoms with Gasteiger partial charge in [-0.2, -0.15) is 0 Å². The Kier molecular flexibility index (Phi) is 7.14. The van der Waals surface area contributed by atoms with Gasteiger partial charge in [-0.05, 0) is 93.5 Å². The van der Waals surface area contributed by atoms with E-state index in [1.807, 2.05) is 0 Å². The van der Waals surface area contributed by atoms with Gasteiger partial charge in [-0.25, -0.2) is 4.79 Å². The number of carbonyl (C=O) groups excluding carboxylic acids is 2. The van der Waals surface area contributed by atoms with Gasteiger partial charge < -0.3 is 20.4 Å². The van der Waals surface area contributed by atoms with Crippen molar-refractivity contribution >= 4 is 23.4 Å². The first-order valence-electron chi connectivity index (χ1n) is 13.5. The average Bonchev–Trinajstić information content (AvgIpc) is 3.09. The summed E-state index contributed by atoms with van der Waals surface area (Å²) in [4.78, 5) is 41.1. The first-order valence-corrected chi connectivity index (χ1v) is 13.5. The summed E-state index contributed by atoms with van der Waals surface area (Å²) in [5.74, 6) is -0.455. The number of carboxylic acid groups (broad SMARTS) is 1. The van der Waals surface area contributed by atoms with Gasteiger partial charge in [0, 0.05) is 5.41 Å². The SMILES string of the molecule is CC(=O)[C@@]1(O)CC[C@H]2[C@@H]3CCC4=C/C(=N/OCC(=O)N[C@H](C(=O)O)C(C)C)CC[C@]4(C)[C@H]3CC[C@@]21C. The van der Waals surface area contributed by atoms with Crippen LogP contribution in [0.4, 0.5) is 0 Å². The summed E-state index contributed by atoms with van der Waals surface area (Å²) in [6, 6.07) is -0.954. The molecule has 4 rings (SSSR count). The summed E-state index contributed by atoms with van der Waals surface area (Å²) in [6.07, 6.45) is 9.29. The molecule has 0 heterocycles. The fourth-order valence-electron chi connectivity index (χ4n) is 8.14. The van der Waals surface area contributed by atoms with Crippen LogP contribution < -0.4 is 5.32 Å². The molecule has 0 bridgehead atoms. The molecule has 3 N–H and O–H groups in total. The summed E-state index contributed by atoms with van der Waals surface area (Å²) in [5.41, 5.74) is 0.761. The van der Waals surface area contributed by atoms with E-state index in [1.165, 1.54) is 5.57 Å². The van der Waals surface area contributed by atoms with Crippen molar-refractivity contribution in [1.82, 2.24) is 5.32 Å². The summed E-state index contributed by atoms with van der Waals surface area (Å²) in [5, 5.41) is 27.2. The number of ketones is 1. The van der Waals surface area contributed by atoms with Gasteiger partial charge >= 0.3 is 5.97 Å². The summed E-state index contributed by atoms with van der Waals surface area (Å²) in [6.45, 7) is 9.23. The highest BCUT2D eigenvalue weighted by Gasteiger charge is 2.65. The number of allylic oxidation sites excluding steroid dienone is 2. The van der Waals surface area contributed by atoms with Crippen molar-refractivity contribution in [3.8, 4) is 0 Å². The largest absolute Gasteiger partial charge is 0.480 e. The van der Waals surface area contributed by atoms with E-state index in [-0.39, 0.29) is 29.1 Å². The molecule has 4 aliphatic carbocycles.